The molecule has 2 rings (SSSR count). The maximum Gasteiger partial charge on any atom is 0.242 e. The topological polar surface area (TPSA) is 88.3 Å². The first-order valence-electron chi connectivity index (χ1n) is 4.55. The van der Waals surface area contributed by atoms with E-state index >= 15 is 0 Å². The van der Waals surface area contributed by atoms with Crippen molar-refractivity contribution in [1.29, 1.82) is 0 Å². The number of nitrogens with one attached hydrogen (secondary N) is 1. The van der Waals surface area contributed by atoms with Crippen LogP contribution in [0.5, 0.6) is 0 Å². The van der Waals surface area contributed by atoms with Crippen LogP contribution in [0.3, 0.4) is 0 Å². The third-order valence-corrected chi connectivity index (χ3v) is 2.14. The van der Waals surface area contributed by atoms with E-state index in [0.29, 0.717) is 18.8 Å². The van der Waals surface area contributed by atoms with Crippen molar-refractivity contribution in [2.75, 3.05) is 13.1 Å². The molecular formula is C8H10N4O3. The van der Waals surface area contributed by atoms with Crippen LogP contribution in [-0.4, -0.2) is 39.9 Å². The number of aromatic nitrogens is 2. The summed E-state index contributed by atoms with van der Waals surface area (Å²) in [6, 6.07) is 0. The molecule has 0 aliphatic carbocycles. The van der Waals surface area contributed by atoms with E-state index in [4.69, 9.17) is 0 Å². The van der Waals surface area contributed by atoms with Gasteiger partial charge in [0.25, 0.3) is 0 Å². The highest BCUT2D eigenvalue weighted by molar-refractivity contribution is 5.87. The largest absolute Gasteiger partial charge is 0.347 e. The molecule has 0 unspecified atom stereocenters. The van der Waals surface area contributed by atoms with Crippen molar-refractivity contribution in [2.45, 2.75) is 13.0 Å². The molecule has 0 saturated carbocycles. The van der Waals surface area contributed by atoms with Gasteiger partial charge in [0.1, 0.15) is 0 Å². The Kier molecular flexibility index (Phi) is 2.61. The van der Waals surface area contributed by atoms with Crippen LogP contribution in [0.15, 0.2) is 10.9 Å². The monoisotopic (exact) mass is 210 g/mol. The molecule has 2 heterocycles. The molecule has 15 heavy (non-hydrogen) atoms. The fourth-order valence-corrected chi connectivity index (χ4v) is 1.34. The van der Waals surface area contributed by atoms with Crippen LogP contribution in [0.25, 0.3) is 0 Å². The van der Waals surface area contributed by atoms with Gasteiger partial charge < -0.3 is 14.7 Å². The second kappa shape index (κ2) is 4.07. The first-order valence-corrected chi connectivity index (χ1v) is 4.55. The molecule has 1 aromatic heterocycles. The van der Waals surface area contributed by atoms with Gasteiger partial charge in [0.15, 0.2) is 5.82 Å². The van der Waals surface area contributed by atoms with Crippen molar-refractivity contribution < 1.29 is 14.1 Å². The van der Waals surface area contributed by atoms with Crippen LogP contribution in [0.2, 0.25) is 0 Å². The molecule has 1 aromatic rings. The lowest BCUT2D eigenvalue weighted by atomic mass is 10.3. The van der Waals surface area contributed by atoms with Crippen LogP contribution in [0.1, 0.15) is 12.2 Å². The van der Waals surface area contributed by atoms with Gasteiger partial charge in [0.2, 0.25) is 18.2 Å². The third kappa shape index (κ3) is 2.30. The molecule has 7 nitrogen and oxygen atoms in total. The van der Waals surface area contributed by atoms with Crippen LogP contribution in [-0.2, 0) is 16.1 Å². The van der Waals surface area contributed by atoms with E-state index in [1.54, 1.807) is 0 Å². The van der Waals surface area contributed by atoms with Gasteiger partial charge in [0, 0.05) is 13.0 Å². The molecule has 0 aromatic carbocycles. The van der Waals surface area contributed by atoms with Crippen molar-refractivity contribution >= 4 is 11.8 Å². The van der Waals surface area contributed by atoms with Gasteiger partial charge in [-0.1, -0.05) is 5.16 Å². The lowest BCUT2D eigenvalue weighted by Crippen LogP contribution is -2.35. The normalized spacial score (nSPS) is 17.5. The molecule has 0 bridgehead atoms. The molecule has 7 heteroatoms. The quantitative estimate of drug-likeness (QED) is 0.670. The van der Waals surface area contributed by atoms with Gasteiger partial charge in [-0.05, 0) is 0 Å². The van der Waals surface area contributed by atoms with Crippen LogP contribution in [0, 0.1) is 0 Å². The molecule has 0 radical (unpaired) electrons. The summed E-state index contributed by atoms with van der Waals surface area (Å²) in [5.41, 5.74) is 0. The Hall–Kier alpha value is -1.92. The van der Waals surface area contributed by atoms with Gasteiger partial charge in [-0.25, -0.2) is 0 Å². The Morgan fingerprint density at radius 3 is 3.13 bits per heavy atom. The lowest BCUT2D eigenvalue weighted by Gasteiger charge is -2.16. The highest BCUT2D eigenvalue weighted by atomic mass is 16.5. The number of carbonyl (C=O) groups is 2. The van der Waals surface area contributed by atoms with Gasteiger partial charge in [-0.2, -0.15) is 4.98 Å². The third-order valence-electron chi connectivity index (χ3n) is 2.14. The fraction of sp³-hybridized carbons (Fsp3) is 0.500. The summed E-state index contributed by atoms with van der Waals surface area (Å²) >= 11 is 0. The van der Waals surface area contributed by atoms with Crippen molar-refractivity contribution in [1.82, 2.24) is 20.4 Å². The summed E-state index contributed by atoms with van der Waals surface area (Å²) in [7, 11) is 0. The van der Waals surface area contributed by atoms with Gasteiger partial charge in [0.05, 0.1) is 13.1 Å². The van der Waals surface area contributed by atoms with Gasteiger partial charge in [-0.15, -0.1) is 0 Å². The van der Waals surface area contributed by atoms with Crippen molar-refractivity contribution in [3.8, 4) is 0 Å². The summed E-state index contributed by atoms with van der Waals surface area (Å²) in [6.45, 7) is 0.709. The Labute approximate surface area is 85.4 Å². The Morgan fingerprint density at radius 1 is 1.53 bits per heavy atom. The van der Waals surface area contributed by atoms with E-state index in [1.165, 1.54) is 11.3 Å². The number of amides is 2. The summed E-state index contributed by atoms with van der Waals surface area (Å²) < 4.78 is 4.56. The fourth-order valence-electron chi connectivity index (χ4n) is 1.34. The van der Waals surface area contributed by atoms with Crippen molar-refractivity contribution in [3.63, 3.8) is 0 Å². The molecular weight excluding hydrogens is 200 g/mol. The number of nitrogens with zero attached hydrogens (tertiary/aromatic N) is 3. The smallest absolute Gasteiger partial charge is 0.242 e. The minimum atomic E-state index is -0.134. The van der Waals surface area contributed by atoms with Gasteiger partial charge in [-0.3, -0.25) is 9.59 Å². The lowest BCUT2D eigenvalue weighted by molar-refractivity contribution is -0.130. The molecule has 0 atom stereocenters. The molecule has 1 fully saturated rings. The first kappa shape index (κ1) is 9.63. The number of hydrogen-bond acceptors (Lipinski definition) is 5. The molecule has 1 aliphatic rings. The summed E-state index contributed by atoms with van der Waals surface area (Å²) in [4.78, 5) is 27.9. The summed E-state index contributed by atoms with van der Waals surface area (Å²) in [6.07, 6.45) is 1.52. The van der Waals surface area contributed by atoms with E-state index in [-0.39, 0.29) is 24.9 Å². The molecule has 0 spiro atoms. The van der Waals surface area contributed by atoms with Gasteiger partial charge >= 0.3 is 0 Å². The van der Waals surface area contributed by atoms with E-state index in [9.17, 15) is 9.59 Å². The second-order valence-electron chi connectivity index (χ2n) is 3.19. The average Bonchev–Trinajstić information content (AvgIpc) is 2.67. The Morgan fingerprint density at radius 2 is 2.40 bits per heavy atom. The molecule has 2 amide bonds. The average molecular weight is 210 g/mol. The maximum absolute atomic E-state index is 11.5. The number of carbonyl (C=O) groups excluding carboxylic acids is 2. The van der Waals surface area contributed by atoms with Crippen LogP contribution >= 0.6 is 0 Å². The van der Waals surface area contributed by atoms with Crippen molar-refractivity contribution in [2.24, 2.45) is 0 Å². The SMILES string of the molecule is O=C1CCN(Cc2ncon2)C(=O)CN1. The van der Waals surface area contributed by atoms with E-state index in [2.05, 4.69) is 20.0 Å². The number of hydrogen-bond donors (Lipinski definition) is 1. The number of rotatable bonds is 2. The highest BCUT2D eigenvalue weighted by Crippen LogP contribution is 2.03. The highest BCUT2D eigenvalue weighted by Gasteiger charge is 2.21. The van der Waals surface area contributed by atoms with E-state index < -0.39 is 0 Å². The van der Waals surface area contributed by atoms with Crippen LogP contribution < -0.4 is 5.32 Å². The van der Waals surface area contributed by atoms with Crippen LogP contribution in [0.4, 0.5) is 0 Å². The zero-order valence-corrected chi connectivity index (χ0v) is 7.97. The van der Waals surface area contributed by atoms with E-state index in [1.807, 2.05) is 0 Å². The van der Waals surface area contributed by atoms with Crippen molar-refractivity contribution in [3.05, 3.63) is 12.2 Å². The summed E-state index contributed by atoms with van der Waals surface area (Å²) in [5, 5.41) is 6.12. The predicted molar refractivity (Wildman–Crippen MR) is 47.3 cm³/mol. The molecule has 1 saturated heterocycles. The minimum absolute atomic E-state index is 0.0384. The molecule has 1 N–H and O–H groups in total. The standard InChI is InChI=1S/C8H10N4O3/c13-7-1-2-12(8(14)3-9-7)4-6-10-5-15-11-6/h5H,1-4H2,(H,9,13). The Bertz CT molecular complexity index is 362. The minimum Gasteiger partial charge on any atom is -0.347 e. The molecule has 80 valence electrons. The second-order valence-corrected chi connectivity index (χ2v) is 3.19. The zero-order valence-electron chi connectivity index (χ0n) is 7.97. The first-order chi connectivity index (χ1) is 7.25. The summed E-state index contributed by atoms with van der Waals surface area (Å²) in [5.74, 6) is 0.197. The Balaban J connectivity index is 2.01. The predicted octanol–water partition coefficient (Wildman–Crippen LogP) is -1.08. The maximum atomic E-state index is 11.5. The van der Waals surface area contributed by atoms with E-state index in [0.717, 1.165) is 0 Å². The molecule has 1 aliphatic heterocycles. The zero-order chi connectivity index (χ0) is 10.7.